The first-order valence-corrected chi connectivity index (χ1v) is 7.33. The molecule has 1 aromatic rings. The molecule has 19 heavy (non-hydrogen) atoms. The minimum atomic E-state index is 0.776. The van der Waals surface area contributed by atoms with E-state index in [-0.39, 0.29) is 0 Å². The fourth-order valence-electron chi connectivity index (χ4n) is 2.80. The lowest BCUT2D eigenvalue weighted by molar-refractivity contribution is 0.0991. The topological polar surface area (TPSA) is 38.5 Å². The van der Waals surface area contributed by atoms with Crippen LogP contribution in [0.5, 0.6) is 0 Å². The molecule has 1 aromatic carbocycles. The second-order valence-corrected chi connectivity index (χ2v) is 5.59. The summed E-state index contributed by atoms with van der Waals surface area (Å²) in [5.74, 6) is 0.776. The van der Waals surface area contributed by atoms with Gasteiger partial charge in [-0.3, -0.25) is 0 Å². The van der Waals surface area contributed by atoms with E-state index in [2.05, 4.69) is 17.0 Å². The molecule has 0 bridgehead atoms. The van der Waals surface area contributed by atoms with Crippen LogP contribution in [0.4, 0.5) is 5.69 Å². The minimum Gasteiger partial charge on any atom is -0.399 e. The van der Waals surface area contributed by atoms with Crippen molar-refractivity contribution in [3.8, 4) is 0 Å². The number of nitrogens with two attached hydrogens (primary N) is 1. The second-order valence-electron chi connectivity index (χ2n) is 5.59. The van der Waals surface area contributed by atoms with Crippen LogP contribution in [0.2, 0.25) is 0 Å². The molecule has 3 heteroatoms. The van der Waals surface area contributed by atoms with Crippen molar-refractivity contribution < 1.29 is 4.74 Å². The summed E-state index contributed by atoms with van der Waals surface area (Å²) in [5.41, 5.74) is 7.93. The van der Waals surface area contributed by atoms with E-state index in [0.29, 0.717) is 0 Å². The molecule has 1 fully saturated rings. The van der Waals surface area contributed by atoms with Gasteiger partial charge in [-0.2, -0.15) is 0 Å². The third-order valence-corrected chi connectivity index (χ3v) is 4.03. The predicted octanol–water partition coefficient (Wildman–Crippen LogP) is 2.56. The Morgan fingerprint density at radius 2 is 1.89 bits per heavy atom. The number of aryl methyl sites for hydroxylation is 1. The summed E-state index contributed by atoms with van der Waals surface area (Å²) in [6, 6.07) is 8.26. The Morgan fingerprint density at radius 1 is 1.21 bits per heavy atom. The quantitative estimate of drug-likeness (QED) is 0.801. The fourth-order valence-corrected chi connectivity index (χ4v) is 2.80. The van der Waals surface area contributed by atoms with Gasteiger partial charge >= 0.3 is 0 Å². The van der Waals surface area contributed by atoms with Gasteiger partial charge in [0.05, 0.1) is 0 Å². The van der Waals surface area contributed by atoms with Crippen molar-refractivity contribution in [3.63, 3.8) is 0 Å². The highest BCUT2D eigenvalue weighted by Gasteiger charge is 2.18. The first kappa shape index (κ1) is 14.4. The Kier molecular flexibility index (Phi) is 5.67. The molecule has 0 radical (unpaired) electrons. The molecule has 0 amide bonds. The van der Waals surface area contributed by atoms with E-state index in [0.717, 1.165) is 24.6 Å². The van der Waals surface area contributed by atoms with Crippen molar-refractivity contribution in [1.82, 2.24) is 4.90 Å². The van der Waals surface area contributed by atoms with Crippen LogP contribution >= 0.6 is 0 Å². The standard InChI is InChI=1S/C16H26N2O/c1-19-13-15-8-11-18(12-9-15)10-2-3-14-4-6-16(17)7-5-14/h4-7,15H,2-3,8-13,17H2,1H3. The number of benzene rings is 1. The summed E-state index contributed by atoms with van der Waals surface area (Å²) in [4.78, 5) is 2.59. The third kappa shape index (κ3) is 4.84. The number of nitrogen functional groups attached to an aromatic ring is 1. The smallest absolute Gasteiger partial charge is 0.0491 e. The molecule has 0 atom stereocenters. The first-order valence-electron chi connectivity index (χ1n) is 7.33. The van der Waals surface area contributed by atoms with Crippen LogP contribution < -0.4 is 5.73 Å². The molecule has 1 aliphatic heterocycles. The van der Waals surface area contributed by atoms with Crippen LogP contribution in [-0.2, 0) is 11.2 Å². The third-order valence-electron chi connectivity index (χ3n) is 4.03. The number of rotatable bonds is 6. The lowest BCUT2D eigenvalue weighted by Crippen LogP contribution is -2.35. The van der Waals surface area contributed by atoms with Crippen LogP contribution in [0.15, 0.2) is 24.3 Å². The number of hydrogen-bond donors (Lipinski definition) is 1. The molecule has 0 unspecified atom stereocenters. The summed E-state index contributed by atoms with van der Waals surface area (Å²) < 4.78 is 5.24. The normalized spacial score (nSPS) is 17.7. The maximum absolute atomic E-state index is 5.69. The van der Waals surface area contributed by atoms with E-state index in [9.17, 15) is 0 Å². The minimum absolute atomic E-state index is 0.776. The largest absolute Gasteiger partial charge is 0.399 e. The molecule has 0 spiro atoms. The van der Waals surface area contributed by atoms with Crippen molar-refractivity contribution in [1.29, 1.82) is 0 Å². The van der Waals surface area contributed by atoms with E-state index in [4.69, 9.17) is 10.5 Å². The van der Waals surface area contributed by atoms with Crippen molar-refractivity contribution in [3.05, 3.63) is 29.8 Å². The van der Waals surface area contributed by atoms with Gasteiger partial charge in [-0.1, -0.05) is 12.1 Å². The van der Waals surface area contributed by atoms with Gasteiger partial charge in [0.1, 0.15) is 0 Å². The molecule has 3 nitrogen and oxygen atoms in total. The van der Waals surface area contributed by atoms with Gasteiger partial charge in [-0.05, 0) is 68.9 Å². The van der Waals surface area contributed by atoms with E-state index in [1.807, 2.05) is 12.1 Å². The molecule has 2 N–H and O–H groups in total. The maximum atomic E-state index is 5.69. The molecule has 0 saturated carbocycles. The number of nitrogens with zero attached hydrogens (tertiary/aromatic N) is 1. The van der Waals surface area contributed by atoms with Crippen molar-refractivity contribution >= 4 is 5.69 Å². The lowest BCUT2D eigenvalue weighted by atomic mass is 9.97. The van der Waals surface area contributed by atoms with Crippen molar-refractivity contribution in [2.75, 3.05) is 39.1 Å². The van der Waals surface area contributed by atoms with Gasteiger partial charge in [-0.25, -0.2) is 0 Å². The summed E-state index contributed by atoms with van der Waals surface area (Å²) in [5, 5.41) is 0. The van der Waals surface area contributed by atoms with E-state index < -0.39 is 0 Å². The van der Waals surface area contributed by atoms with E-state index in [1.54, 1.807) is 7.11 Å². The fraction of sp³-hybridized carbons (Fsp3) is 0.625. The van der Waals surface area contributed by atoms with Crippen molar-refractivity contribution in [2.24, 2.45) is 5.92 Å². The summed E-state index contributed by atoms with van der Waals surface area (Å²) in [7, 11) is 1.80. The molecular weight excluding hydrogens is 236 g/mol. The highest BCUT2D eigenvalue weighted by Crippen LogP contribution is 2.17. The van der Waals surface area contributed by atoms with Crippen LogP contribution in [-0.4, -0.2) is 38.3 Å². The molecule has 1 heterocycles. The van der Waals surface area contributed by atoms with Gasteiger partial charge in [0.25, 0.3) is 0 Å². The zero-order chi connectivity index (χ0) is 13.5. The van der Waals surface area contributed by atoms with Crippen LogP contribution in [0.25, 0.3) is 0 Å². The number of ether oxygens (including phenoxy) is 1. The zero-order valence-electron chi connectivity index (χ0n) is 12.0. The highest BCUT2D eigenvalue weighted by molar-refractivity contribution is 5.39. The molecule has 1 saturated heterocycles. The summed E-state index contributed by atoms with van der Waals surface area (Å²) in [6.45, 7) is 4.61. The Bertz CT molecular complexity index is 356. The number of likely N-dealkylation sites (tertiary alicyclic amines) is 1. The SMILES string of the molecule is COCC1CCN(CCCc2ccc(N)cc2)CC1. The first-order chi connectivity index (χ1) is 9.28. The molecular formula is C16H26N2O. The monoisotopic (exact) mass is 262 g/mol. The van der Waals surface area contributed by atoms with E-state index in [1.165, 1.54) is 44.5 Å². The van der Waals surface area contributed by atoms with Crippen molar-refractivity contribution in [2.45, 2.75) is 25.7 Å². The maximum Gasteiger partial charge on any atom is 0.0491 e. The lowest BCUT2D eigenvalue weighted by Gasteiger charge is -2.31. The predicted molar refractivity (Wildman–Crippen MR) is 80.2 cm³/mol. The van der Waals surface area contributed by atoms with Gasteiger partial charge < -0.3 is 15.4 Å². The van der Waals surface area contributed by atoms with Gasteiger partial charge in [0.2, 0.25) is 0 Å². The molecule has 106 valence electrons. The van der Waals surface area contributed by atoms with E-state index >= 15 is 0 Å². The highest BCUT2D eigenvalue weighted by atomic mass is 16.5. The van der Waals surface area contributed by atoms with Gasteiger partial charge in [0, 0.05) is 19.4 Å². The Labute approximate surface area is 116 Å². The summed E-state index contributed by atoms with van der Waals surface area (Å²) >= 11 is 0. The zero-order valence-corrected chi connectivity index (χ0v) is 12.0. The van der Waals surface area contributed by atoms with Crippen LogP contribution in [0.1, 0.15) is 24.8 Å². The number of anilines is 1. The van der Waals surface area contributed by atoms with Gasteiger partial charge in [-0.15, -0.1) is 0 Å². The Hall–Kier alpha value is -1.06. The second kappa shape index (κ2) is 7.51. The molecule has 1 aliphatic rings. The van der Waals surface area contributed by atoms with Crippen LogP contribution in [0, 0.1) is 5.92 Å². The average Bonchev–Trinajstić information content (AvgIpc) is 2.43. The van der Waals surface area contributed by atoms with Gasteiger partial charge in [0.15, 0.2) is 0 Å². The molecule has 0 aromatic heterocycles. The number of piperidine rings is 1. The molecule has 2 rings (SSSR count). The Morgan fingerprint density at radius 3 is 2.53 bits per heavy atom. The molecule has 0 aliphatic carbocycles. The van der Waals surface area contributed by atoms with Crippen LogP contribution in [0.3, 0.4) is 0 Å². The number of methoxy groups -OCH3 is 1. The average molecular weight is 262 g/mol. The summed E-state index contributed by atoms with van der Waals surface area (Å²) in [6.07, 6.45) is 4.96. The Balaban J connectivity index is 1.63. The number of hydrogen-bond acceptors (Lipinski definition) is 3.